The van der Waals surface area contributed by atoms with Gasteiger partial charge in [-0.15, -0.1) is 5.10 Å². The number of fused-ring (bicyclic) bond motifs is 3. The molecule has 3 heteroatoms. The van der Waals surface area contributed by atoms with E-state index in [2.05, 4.69) is 101 Å². The van der Waals surface area contributed by atoms with Gasteiger partial charge in [-0.2, -0.15) is 5.10 Å². The van der Waals surface area contributed by atoms with E-state index >= 15 is 0 Å². The van der Waals surface area contributed by atoms with Gasteiger partial charge >= 0.3 is 0 Å². The van der Waals surface area contributed by atoms with Gasteiger partial charge in [-0.05, 0) is 40.6 Å². The van der Waals surface area contributed by atoms with Gasteiger partial charge in [0.05, 0.1) is 6.20 Å². The van der Waals surface area contributed by atoms with Crippen LogP contribution in [0.3, 0.4) is 0 Å². The van der Waals surface area contributed by atoms with Gasteiger partial charge < -0.3 is 4.90 Å². The van der Waals surface area contributed by atoms with E-state index < -0.39 is 0 Å². The van der Waals surface area contributed by atoms with Crippen molar-refractivity contribution in [1.82, 2.24) is 15.1 Å². The first kappa shape index (κ1) is 18.2. The topological polar surface area (TPSA) is 29.0 Å². The number of likely N-dealkylation sites (N-methyl/N-ethyl adjacent to an activating group) is 1. The molecule has 0 spiro atoms. The van der Waals surface area contributed by atoms with E-state index in [0.717, 1.165) is 35.1 Å². The van der Waals surface area contributed by atoms with Crippen LogP contribution in [0.15, 0.2) is 91.1 Å². The van der Waals surface area contributed by atoms with Crippen molar-refractivity contribution < 1.29 is 0 Å². The molecule has 6 rings (SSSR count). The highest BCUT2D eigenvalue weighted by atomic mass is 15.1. The van der Waals surface area contributed by atoms with Crippen molar-refractivity contribution in [3.8, 4) is 11.3 Å². The molecule has 0 amide bonds. The average molecular weight is 402 g/mol. The molecule has 3 nitrogen and oxygen atoms in total. The Kier molecular flexibility index (Phi) is 4.29. The molecule has 5 aromatic rings. The fourth-order valence-electron chi connectivity index (χ4n) is 4.95. The SMILES string of the molecule is CN1Cc2cc(-c3nncc4ccccc34)ccc2C(c2ccc3ccccc3c2)C1. The minimum Gasteiger partial charge on any atom is -0.301 e. The Morgan fingerprint density at radius 2 is 1.61 bits per heavy atom. The molecule has 1 aliphatic rings. The van der Waals surface area contributed by atoms with Crippen LogP contribution in [0.5, 0.6) is 0 Å². The first-order chi connectivity index (χ1) is 15.3. The van der Waals surface area contributed by atoms with Gasteiger partial charge in [-0.3, -0.25) is 0 Å². The van der Waals surface area contributed by atoms with E-state index in [0.29, 0.717) is 5.92 Å². The molecule has 31 heavy (non-hydrogen) atoms. The first-order valence-corrected chi connectivity index (χ1v) is 10.8. The maximum Gasteiger partial charge on any atom is 0.101 e. The Morgan fingerprint density at radius 3 is 2.52 bits per heavy atom. The van der Waals surface area contributed by atoms with E-state index in [1.807, 2.05) is 12.3 Å². The third kappa shape index (κ3) is 3.18. The molecule has 4 aromatic carbocycles. The fourth-order valence-corrected chi connectivity index (χ4v) is 4.95. The van der Waals surface area contributed by atoms with E-state index in [-0.39, 0.29) is 0 Å². The van der Waals surface area contributed by atoms with E-state index in [1.54, 1.807) is 0 Å². The summed E-state index contributed by atoms with van der Waals surface area (Å²) in [6.07, 6.45) is 1.83. The molecule has 0 radical (unpaired) electrons. The number of aromatic nitrogens is 2. The lowest BCUT2D eigenvalue weighted by molar-refractivity contribution is 0.295. The Hall–Kier alpha value is -3.56. The van der Waals surface area contributed by atoms with Gasteiger partial charge in [-0.25, -0.2) is 0 Å². The molecule has 1 aromatic heterocycles. The van der Waals surface area contributed by atoms with Crippen molar-refractivity contribution in [2.75, 3.05) is 13.6 Å². The highest BCUT2D eigenvalue weighted by Gasteiger charge is 2.25. The molecule has 1 atom stereocenters. The van der Waals surface area contributed by atoms with Crippen molar-refractivity contribution in [2.24, 2.45) is 0 Å². The largest absolute Gasteiger partial charge is 0.301 e. The molecule has 2 heterocycles. The number of benzene rings is 4. The molecule has 0 saturated heterocycles. The second-order valence-electron chi connectivity index (χ2n) is 8.55. The predicted molar refractivity (Wildman–Crippen MR) is 127 cm³/mol. The minimum absolute atomic E-state index is 0.367. The lowest BCUT2D eigenvalue weighted by Gasteiger charge is -2.33. The normalized spacial score (nSPS) is 16.5. The summed E-state index contributed by atoms with van der Waals surface area (Å²) in [5.74, 6) is 0.367. The lowest BCUT2D eigenvalue weighted by Crippen LogP contribution is -2.31. The maximum absolute atomic E-state index is 4.49. The highest BCUT2D eigenvalue weighted by molar-refractivity contribution is 5.93. The van der Waals surface area contributed by atoms with Gasteiger partial charge in [0.25, 0.3) is 0 Å². The zero-order valence-corrected chi connectivity index (χ0v) is 17.5. The zero-order valence-electron chi connectivity index (χ0n) is 17.5. The molecule has 150 valence electrons. The number of nitrogens with zero attached hydrogens (tertiary/aromatic N) is 3. The molecular weight excluding hydrogens is 378 g/mol. The third-order valence-electron chi connectivity index (χ3n) is 6.47. The Balaban J connectivity index is 1.46. The summed E-state index contributed by atoms with van der Waals surface area (Å²) in [7, 11) is 2.21. The monoisotopic (exact) mass is 401 g/mol. The predicted octanol–water partition coefficient (Wildman–Crippen LogP) is 6.03. The summed E-state index contributed by atoms with van der Waals surface area (Å²) >= 11 is 0. The fraction of sp³-hybridized carbons (Fsp3) is 0.143. The second kappa shape index (κ2) is 7.29. The van der Waals surface area contributed by atoms with Crippen molar-refractivity contribution in [2.45, 2.75) is 12.5 Å². The van der Waals surface area contributed by atoms with Crippen LogP contribution in [0.1, 0.15) is 22.6 Å². The molecule has 0 bridgehead atoms. The van der Waals surface area contributed by atoms with Gasteiger partial charge in [0, 0.05) is 35.3 Å². The van der Waals surface area contributed by atoms with Crippen molar-refractivity contribution in [1.29, 1.82) is 0 Å². The standard InChI is InChI=1S/C28H23N3/c1-31-17-24-15-22(28-26-9-5-4-8-23(26)16-29-30-28)12-13-25(24)27(18-31)21-11-10-19-6-2-3-7-20(19)14-21/h2-16,27H,17-18H2,1H3. The van der Waals surface area contributed by atoms with Gasteiger partial charge in [0.1, 0.15) is 5.69 Å². The van der Waals surface area contributed by atoms with E-state index in [4.69, 9.17) is 0 Å². The minimum atomic E-state index is 0.367. The summed E-state index contributed by atoms with van der Waals surface area (Å²) in [4.78, 5) is 2.42. The molecule has 0 fully saturated rings. The van der Waals surface area contributed by atoms with Crippen LogP contribution in [0.25, 0.3) is 32.8 Å². The third-order valence-corrected chi connectivity index (χ3v) is 6.47. The first-order valence-electron chi connectivity index (χ1n) is 10.8. The molecule has 0 N–H and O–H groups in total. The van der Waals surface area contributed by atoms with E-state index in [9.17, 15) is 0 Å². The Morgan fingerprint density at radius 1 is 0.806 bits per heavy atom. The van der Waals surface area contributed by atoms with Gasteiger partial charge in [0.15, 0.2) is 0 Å². The summed E-state index contributed by atoms with van der Waals surface area (Å²) in [6, 6.07) is 30.7. The Bertz CT molecular complexity index is 1420. The van der Waals surface area contributed by atoms with Crippen molar-refractivity contribution in [3.05, 3.63) is 108 Å². The Labute approximate surface area is 182 Å². The number of rotatable bonds is 2. The lowest BCUT2D eigenvalue weighted by atomic mass is 9.83. The summed E-state index contributed by atoms with van der Waals surface area (Å²) in [5.41, 5.74) is 6.26. The summed E-state index contributed by atoms with van der Waals surface area (Å²) < 4.78 is 0. The summed E-state index contributed by atoms with van der Waals surface area (Å²) in [5, 5.41) is 13.6. The quantitative estimate of drug-likeness (QED) is 0.362. The van der Waals surface area contributed by atoms with Crippen molar-refractivity contribution >= 4 is 21.5 Å². The van der Waals surface area contributed by atoms with Crippen LogP contribution in [-0.4, -0.2) is 28.7 Å². The average Bonchev–Trinajstić information content (AvgIpc) is 2.82. The highest BCUT2D eigenvalue weighted by Crippen LogP contribution is 2.37. The van der Waals surface area contributed by atoms with Gasteiger partial charge in [0.2, 0.25) is 0 Å². The van der Waals surface area contributed by atoms with Crippen molar-refractivity contribution in [3.63, 3.8) is 0 Å². The van der Waals surface area contributed by atoms with Crippen LogP contribution in [0.4, 0.5) is 0 Å². The van der Waals surface area contributed by atoms with Crippen LogP contribution in [-0.2, 0) is 6.54 Å². The van der Waals surface area contributed by atoms with Crippen LogP contribution in [0.2, 0.25) is 0 Å². The molecule has 0 aliphatic carbocycles. The summed E-state index contributed by atoms with van der Waals surface area (Å²) in [6.45, 7) is 1.98. The molecule has 1 unspecified atom stereocenters. The zero-order chi connectivity index (χ0) is 20.8. The molecule has 1 aliphatic heterocycles. The van der Waals surface area contributed by atoms with E-state index in [1.165, 1.54) is 27.5 Å². The molecule has 0 saturated carbocycles. The number of hydrogen-bond acceptors (Lipinski definition) is 3. The maximum atomic E-state index is 4.49. The van der Waals surface area contributed by atoms with Gasteiger partial charge in [-0.1, -0.05) is 78.9 Å². The number of hydrogen-bond donors (Lipinski definition) is 0. The van der Waals surface area contributed by atoms with Crippen LogP contribution >= 0.6 is 0 Å². The van der Waals surface area contributed by atoms with Crippen LogP contribution < -0.4 is 0 Å². The molecular formula is C28H23N3. The second-order valence-corrected chi connectivity index (χ2v) is 8.55. The smallest absolute Gasteiger partial charge is 0.101 e. The van der Waals surface area contributed by atoms with Crippen LogP contribution in [0, 0.1) is 0 Å².